The monoisotopic (exact) mass is 378 g/mol. The number of amides is 2. The van der Waals surface area contributed by atoms with Crippen LogP contribution in [-0.4, -0.2) is 30.3 Å². The van der Waals surface area contributed by atoms with Gasteiger partial charge in [0.2, 0.25) is 5.91 Å². The Morgan fingerprint density at radius 1 is 1.04 bits per heavy atom. The fourth-order valence-electron chi connectivity index (χ4n) is 2.74. The Bertz CT molecular complexity index is 791. The molecule has 0 radical (unpaired) electrons. The number of likely N-dealkylation sites (N-methyl/N-ethyl adjacent to an activating group) is 1. The van der Waals surface area contributed by atoms with E-state index in [0.29, 0.717) is 0 Å². The molecular weight excluding hydrogens is 359 g/mol. The Balaban J connectivity index is 2.12. The predicted octanol–water partition coefficient (Wildman–Crippen LogP) is 4.63. The van der Waals surface area contributed by atoms with Gasteiger partial charge in [0.15, 0.2) is 0 Å². The molecule has 2 aromatic rings. The first-order chi connectivity index (χ1) is 11.7. The van der Waals surface area contributed by atoms with Crippen molar-refractivity contribution in [3.8, 4) is 0 Å². The molecule has 0 unspecified atom stereocenters. The molecule has 25 heavy (non-hydrogen) atoms. The molecular formula is C19H20Cl2N2O2. The summed E-state index contributed by atoms with van der Waals surface area (Å²) in [6.45, 7) is 5.78. The van der Waals surface area contributed by atoms with Crippen molar-refractivity contribution in [2.24, 2.45) is 0 Å². The van der Waals surface area contributed by atoms with E-state index in [1.165, 1.54) is 11.9 Å². The van der Waals surface area contributed by atoms with E-state index >= 15 is 0 Å². The van der Waals surface area contributed by atoms with Gasteiger partial charge >= 0.3 is 0 Å². The topological polar surface area (TPSA) is 49.4 Å². The van der Waals surface area contributed by atoms with Gasteiger partial charge in [0, 0.05) is 12.7 Å². The number of rotatable bonds is 4. The smallest absolute Gasteiger partial charge is 0.257 e. The first kappa shape index (κ1) is 19.3. The molecule has 6 heteroatoms. The highest BCUT2D eigenvalue weighted by Gasteiger charge is 2.20. The zero-order valence-electron chi connectivity index (χ0n) is 14.6. The summed E-state index contributed by atoms with van der Waals surface area (Å²) in [5, 5.41) is 3.39. The number of nitrogens with one attached hydrogen (secondary N) is 1. The van der Waals surface area contributed by atoms with Crippen molar-refractivity contribution in [2.75, 3.05) is 18.9 Å². The van der Waals surface area contributed by atoms with Gasteiger partial charge in [0.05, 0.1) is 22.2 Å². The van der Waals surface area contributed by atoms with Crippen molar-refractivity contribution >= 4 is 40.7 Å². The van der Waals surface area contributed by atoms with E-state index in [0.717, 1.165) is 22.4 Å². The van der Waals surface area contributed by atoms with Crippen molar-refractivity contribution < 1.29 is 9.59 Å². The maximum absolute atomic E-state index is 12.5. The Morgan fingerprint density at radius 3 is 2.08 bits per heavy atom. The molecule has 1 N–H and O–H groups in total. The highest BCUT2D eigenvalue weighted by atomic mass is 35.5. The molecule has 0 aromatic heterocycles. The summed E-state index contributed by atoms with van der Waals surface area (Å²) in [6.07, 6.45) is 0. The third-order valence-electron chi connectivity index (χ3n) is 3.85. The lowest BCUT2D eigenvalue weighted by Crippen LogP contribution is -2.35. The number of halogens is 2. The molecule has 0 fully saturated rings. The normalized spacial score (nSPS) is 10.5. The predicted molar refractivity (Wildman–Crippen MR) is 103 cm³/mol. The van der Waals surface area contributed by atoms with Crippen LogP contribution in [0, 0.1) is 20.8 Å². The van der Waals surface area contributed by atoms with Crippen LogP contribution in [0.3, 0.4) is 0 Å². The van der Waals surface area contributed by atoms with E-state index in [9.17, 15) is 9.59 Å². The van der Waals surface area contributed by atoms with Crippen molar-refractivity contribution in [3.63, 3.8) is 0 Å². The maximum atomic E-state index is 12.5. The van der Waals surface area contributed by atoms with E-state index in [1.807, 2.05) is 32.9 Å². The van der Waals surface area contributed by atoms with Gasteiger partial charge in [-0.2, -0.15) is 0 Å². The summed E-state index contributed by atoms with van der Waals surface area (Å²) in [4.78, 5) is 26.2. The molecule has 0 atom stereocenters. The lowest BCUT2D eigenvalue weighted by molar-refractivity contribution is -0.116. The van der Waals surface area contributed by atoms with Gasteiger partial charge in [0.25, 0.3) is 5.91 Å². The first-order valence-corrected chi connectivity index (χ1v) is 8.53. The van der Waals surface area contributed by atoms with Gasteiger partial charge in [-0.1, -0.05) is 47.0 Å². The quantitative estimate of drug-likeness (QED) is 0.842. The van der Waals surface area contributed by atoms with Gasteiger partial charge in [0.1, 0.15) is 0 Å². The molecule has 2 amide bonds. The van der Waals surface area contributed by atoms with Crippen molar-refractivity contribution in [1.29, 1.82) is 0 Å². The minimum atomic E-state index is -0.400. The third-order valence-corrected chi connectivity index (χ3v) is 4.48. The average molecular weight is 379 g/mol. The highest BCUT2D eigenvalue weighted by Crippen LogP contribution is 2.25. The second-order valence-electron chi connectivity index (χ2n) is 6.08. The fraction of sp³-hybridized carbons (Fsp3) is 0.263. The van der Waals surface area contributed by atoms with E-state index in [2.05, 4.69) is 5.32 Å². The molecule has 2 rings (SSSR count). The molecule has 0 spiro atoms. The van der Waals surface area contributed by atoms with Gasteiger partial charge in [-0.3, -0.25) is 9.59 Å². The number of benzene rings is 2. The lowest BCUT2D eigenvalue weighted by atomic mass is 10.1. The number of carbonyl (C=O) groups excluding carboxylic acids is 2. The molecule has 2 aromatic carbocycles. The molecule has 0 saturated heterocycles. The number of hydrogen-bond donors (Lipinski definition) is 1. The SMILES string of the molecule is Cc1cc(C)c(NC(=O)CN(C)C(=O)c2c(Cl)cccc2Cl)c(C)c1. The summed E-state index contributed by atoms with van der Waals surface area (Å²) in [6, 6.07) is 8.85. The van der Waals surface area contributed by atoms with Crippen LogP contribution in [0.5, 0.6) is 0 Å². The Labute approximate surface area is 157 Å². The van der Waals surface area contributed by atoms with E-state index in [-0.39, 0.29) is 28.1 Å². The van der Waals surface area contributed by atoms with Crippen molar-refractivity contribution in [3.05, 3.63) is 62.6 Å². The molecule has 0 aliphatic heterocycles. The molecule has 132 valence electrons. The van der Waals surface area contributed by atoms with E-state index < -0.39 is 5.91 Å². The number of anilines is 1. The molecule has 0 saturated carbocycles. The first-order valence-electron chi connectivity index (χ1n) is 7.78. The third kappa shape index (κ3) is 4.53. The second kappa shape index (κ2) is 7.89. The second-order valence-corrected chi connectivity index (χ2v) is 6.89. The molecule has 4 nitrogen and oxygen atoms in total. The number of hydrogen-bond acceptors (Lipinski definition) is 2. The Kier molecular flexibility index (Phi) is 6.09. The Hall–Kier alpha value is -2.04. The fourth-order valence-corrected chi connectivity index (χ4v) is 3.30. The van der Waals surface area contributed by atoms with E-state index in [4.69, 9.17) is 23.2 Å². The van der Waals surface area contributed by atoms with E-state index in [1.54, 1.807) is 18.2 Å². The molecule has 0 aliphatic carbocycles. The molecule has 0 aliphatic rings. The van der Waals surface area contributed by atoms with Gasteiger partial charge in [-0.15, -0.1) is 0 Å². The van der Waals surface area contributed by atoms with Crippen LogP contribution in [0.4, 0.5) is 5.69 Å². The van der Waals surface area contributed by atoms with Crippen LogP contribution in [0.1, 0.15) is 27.0 Å². The van der Waals surface area contributed by atoms with Crippen LogP contribution in [-0.2, 0) is 4.79 Å². The molecule has 0 heterocycles. The summed E-state index contributed by atoms with van der Waals surface area (Å²) >= 11 is 12.1. The highest BCUT2D eigenvalue weighted by molar-refractivity contribution is 6.39. The van der Waals surface area contributed by atoms with Gasteiger partial charge in [-0.25, -0.2) is 0 Å². The minimum Gasteiger partial charge on any atom is -0.332 e. The zero-order chi connectivity index (χ0) is 18.7. The lowest BCUT2D eigenvalue weighted by Gasteiger charge is -2.19. The van der Waals surface area contributed by atoms with Crippen LogP contribution >= 0.6 is 23.2 Å². The Morgan fingerprint density at radius 2 is 1.56 bits per heavy atom. The number of nitrogens with zero attached hydrogens (tertiary/aromatic N) is 1. The van der Waals surface area contributed by atoms with Crippen LogP contribution < -0.4 is 5.32 Å². The van der Waals surface area contributed by atoms with Crippen molar-refractivity contribution in [1.82, 2.24) is 4.90 Å². The van der Waals surface area contributed by atoms with Crippen LogP contribution in [0.15, 0.2) is 30.3 Å². The van der Waals surface area contributed by atoms with Crippen LogP contribution in [0.2, 0.25) is 10.0 Å². The van der Waals surface area contributed by atoms with Gasteiger partial charge < -0.3 is 10.2 Å². The summed E-state index contributed by atoms with van der Waals surface area (Å²) in [5.41, 5.74) is 4.06. The standard InChI is InChI=1S/C19H20Cl2N2O2/c1-11-8-12(2)18(13(3)9-11)22-16(24)10-23(4)19(25)17-14(20)6-5-7-15(17)21/h5-9H,10H2,1-4H3,(H,22,24). The maximum Gasteiger partial charge on any atom is 0.257 e. The molecule has 0 bridgehead atoms. The summed E-state index contributed by atoms with van der Waals surface area (Å²) < 4.78 is 0. The zero-order valence-corrected chi connectivity index (χ0v) is 16.1. The number of aryl methyl sites for hydroxylation is 3. The summed E-state index contributed by atoms with van der Waals surface area (Å²) in [7, 11) is 1.54. The summed E-state index contributed by atoms with van der Waals surface area (Å²) in [5.74, 6) is -0.683. The number of carbonyl (C=O) groups is 2. The largest absolute Gasteiger partial charge is 0.332 e. The minimum absolute atomic E-state index is 0.104. The van der Waals surface area contributed by atoms with Gasteiger partial charge in [-0.05, 0) is 44.0 Å². The van der Waals surface area contributed by atoms with Crippen molar-refractivity contribution in [2.45, 2.75) is 20.8 Å². The average Bonchev–Trinajstić information content (AvgIpc) is 2.50. The van der Waals surface area contributed by atoms with Crippen LogP contribution in [0.25, 0.3) is 0 Å².